The quantitative estimate of drug-likeness (QED) is 0.102. The van der Waals surface area contributed by atoms with Crippen molar-refractivity contribution in [2.45, 2.75) is 42.0 Å². The molecular formula is C38H40N4O7. The fourth-order valence-electron chi connectivity index (χ4n) is 3.98. The number of carboxylic acids is 1. The largest absolute Gasteiger partial charge is 0.478 e. The Labute approximate surface area is 285 Å². The Morgan fingerprint density at radius 1 is 0.816 bits per heavy atom. The number of carboxylic acid groups (broad SMARTS) is 1. The number of carbonyl (C=O) groups is 5. The molecule has 3 heterocycles. The molecule has 2 aromatic carbocycles. The van der Waals surface area contributed by atoms with Gasteiger partial charge in [-0.2, -0.15) is 0 Å². The van der Waals surface area contributed by atoms with Gasteiger partial charge >= 0.3 is 11.9 Å². The van der Waals surface area contributed by atoms with Crippen LogP contribution in [-0.2, 0) is 14.3 Å². The van der Waals surface area contributed by atoms with Crippen LogP contribution in [0.4, 0.5) is 5.69 Å². The van der Waals surface area contributed by atoms with E-state index in [1.807, 2.05) is 60.7 Å². The summed E-state index contributed by atoms with van der Waals surface area (Å²) < 4.78 is 4.66. The highest BCUT2D eigenvalue weighted by Gasteiger charge is 2.26. The molecule has 11 nitrogen and oxygen atoms in total. The number of carbonyl (C=O) groups excluding carboxylic acids is 4. The Hall–Kier alpha value is -6.10. The van der Waals surface area contributed by atoms with Gasteiger partial charge in [-0.05, 0) is 32.0 Å². The van der Waals surface area contributed by atoms with Crippen LogP contribution in [0.3, 0.4) is 0 Å². The fraction of sp³-hybridized carbons (Fsp3) is 0.211. The summed E-state index contributed by atoms with van der Waals surface area (Å²) in [5, 5.41) is 12.5. The lowest BCUT2D eigenvalue weighted by Gasteiger charge is -2.18. The van der Waals surface area contributed by atoms with Gasteiger partial charge in [0.2, 0.25) is 5.91 Å². The van der Waals surface area contributed by atoms with Crippen LogP contribution in [0.5, 0.6) is 0 Å². The van der Waals surface area contributed by atoms with E-state index in [-0.39, 0.29) is 42.5 Å². The summed E-state index contributed by atoms with van der Waals surface area (Å²) >= 11 is 0. The Bertz CT molecular complexity index is 1900. The molecular weight excluding hydrogens is 624 g/mol. The van der Waals surface area contributed by atoms with Crippen LogP contribution in [0.2, 0.25) is 0 Å². The van der Waals surface area contributed by atoms with Gasteiger partial charge in [-0.3, -0.25) is 24.4 Å². The number of rotatable bonds is 7. The summed E-state index contributed by atoms with van der Waals surface area (Å²) in [6.45, 7) is 8.52. The molecule has 0 aliphatic carbocycles. The van der Waals surface area contributed by atoms with Crippen molar-refractivity contribution in [3.05, 3.63) is 120 Å². The maximum Gasteiger partial charge on any atom is 0.379 e. The van der Waals surface area contributed by atoms with E-state index in [9.17, 15) is 29.1 Å². The number of hydrogen-bond donors (Lipinski definition) is 2. The molecule has 1 amide bonds. The highest BCUT2D eigenvalue weighted by Crippen LogP contribution is 2.24. The molecule has 0 unspecified atom stereocenters. The zero-order chi connectivity index (χ0) is 35.3. The van der Waals surface area contributed by atoms with E-state index in [0.29, 0.717) is 16.6 Å². The van der Waals surface area contributed by atoms with Crippen molar-refractivity contribution >= 4 is 46.0 Å². The number of ether oxygens (including phenoxy) is 1. The van der Waals surface area contributed by atoms with Gasteiger partial charge in [0.05, 0.1) is 34.6 Å². The van der Waals surface area contributed by atoms with E-state index in [0.717, 1.165) is 11.1 Å². The Morgan fingerprint density at radius 3 is 1.96 bits per heavy atom. The van der Waals surface area contributed by atoms with E-state index in [2.05, 4.69) is 25.0 Å². The lowest BCUT2D eigenvalue weighted by molar-refractivity contribution is -0.137. The van der Waals surface area contributed by atoms with E-state index in [1.54, 1.807) is 52.9 Å². The van der Waals surface area contributed by atoms with Crippen LogP contribution >= 0.6 is 0 Å². The van der Waals surface area contributed by atoms with Gasteiger partial charge < -0.3 is 15.2 Å². The van der Waals surface area contributed by atoms with Crippen molar-refractivity contribution in [3.63, 3.8) is 0 Å². The molecule has 5 rings (SSSR count). The molecule has 3 aromatic heterocycles. The Kier molecular flexibility index (Phi) is 14.6. The minimum Gasteiger partial charge on any atom is -0.478 e. The number of Topliss-reactive ketones (excluding diaryl/α,β-unsaturated/α-hetero) is 2. The predicted molar refractivity (Wildman–Crippen MR) is 188 cm³/mol. The van der Waals surface area contributed by atoms with Gasteiger partial charge in [0, 0.05) is 46.7 Å². The van der Waals surface area contributed by atoms with Gasteiger partial charge in [0.25, 0.3) is 5.78 Å². The lowest BCUT2D eigenvalue weighted by atomic mass is 9.95. The Balaban J connectivity index is 0.000000269. The molecule has 0 saturated carbocycles. The zero-order valence-electron chi connectivity index (χ0n) is 27.3. The summed E-state index contributed by atoms with van der Waals surface area (Å²) in [5.41, 5.74) is 2.82. The maximum atomic E-state index is 11.9. The summed E-state index contributed by atoms with van der Waals surface area (Å²) in [6, 6.07) is 23.5. The molecule has 0 radical (unpaired) electrons. The van der Waals surface area contributed by atoms with Crippen molar-refractivity contribution in [1.29, 1.82) is 0 Å². The second kappa shape index (κ2) is 18.3. The summed E-state index contributed by atoms with van der Waals surface area (Å²) in [6.07, 6.45) is 5.80. The number of anilines is 1. The SMILES string of the molecule is C.CC(=O)c1ccccc1.CCOC(=O)C(=O)c1cnccc1NC(=O)C(C)(C)C.O=C(O)c1cc(-c2ccccc2)nc2ccncc12. The summed E-state index contributed by atoms with van der Waals surface area (Å²) in [7, 11) is 0. The van der Waals surface area contributed by atoms with E-state index in [1.165, 1.54) is 24.7 Å². The molecule has 5 aromatic rings. The van der Waals surface area contributed by atoms with Gasteiger partial charge in [-0.25, -0.2) is 14.6 Å². The van der Waals surface area contributed by atoms with Gasteiger partial charge in [-0.1, -0.05) is 88.9 Å². The van der Waals surface area contributed by atoms with Crippen LogP contribution in [0.1, 0.15) is 73.1 Å². The highest BCUT2D eigenvalue weighted by molar-refractivity contribution is 6.42. The minimum absolute atomic E-state index is 0. The smallest absolute Gasteiger partial charge is 0.379 e. The summed E-state index contributed by atoms with van der Waals surface area (Å²) in [5.74, 6) is -2.91. The topological polar surface area (TPSA) is 166 Å². The van der Waals surface area contributed by atoms with Crippen molar-refractivity contribution in [2.24, 2.45) is 5.41 Å². The molecule has 0 spiro atoms. The number of aromatic carboxylic acids is 1. The van der Waals surface area contributed by atoms with Gasteiger partial charge in [0.1, 0.15) is 0 Å². The number of pyridine rings is 3. The molecule has 0 atom stereocenters. The molecule has 49 heavy (non-hydrogen) atoms. The average Bonchev–Trinajstić information content (AvgIpc) is 3.08. The van der Waals surface area contributed by atoms with Gasteiger partial charge in [-0.15, -0.1) is 0 Å². The highest BCUT2D eigenvalue weighted by atomic mass is 16.5. The van der Waals surface area contributed by atoms with Crippen LogP contribution in [0.15, 0.2) is 104 Å². The first-order chi connectivity index (χ1) is 22.8. The molecule has 0 saturated heterocycles. The number of aromatic nitrogens is 3. The molecule has 11 heteroatoms. The number of hydrogen-bond acceptors (Lipinski definition) is 9. The van der Waals surface area contributed by atoms with Crippen LogP contribution in [0, 0.1) is 5.41 Å². The number of ketones is 2. The van der Waals surface area contributed by atoms with Crippen LogP contribution in [0.25, 0.3) is 22.2 Å². The van der Waals surface area contributed by atoms with Crippen molar-refractivity contribution in [1.82, 2.24) is 15.0 Å². The number of nitrogens with zero attached hydrogens (tertiary/aromatic N) is 3. The van der Waals surface area contributed by atoms with Crippen molar-refractivity contribution < 1.29 is 33.8 Å². The first kappa shape index (κ1) is 39.1. The zero-order valence-corrected chi connectivity index (χ0v) is 27.3. The Morgan fingerprint density at radius 2 is 1.41 bits per heavy atom. The van der Waals surface area contributed by atoms with Gasteiger partial charge in [0.15, 0.2) is 5.78 Å². The third-order valence-electron chi connectivity index (χ3n) is 6.55. The number of benzene rings is 2. The predicted octanol–water partition coefficient (Wildman–Crippen LogP) is 7.33. The molecule has 0 aliphatic heterocycles. The van der Waals surface area contributed by atoms with Crippen LogP contribution < -0.4 is 5.32 Å². The van der Waals surface area contributed by atoms with E-state index >= 15 is 0 Å². The first-order valence-electron chi connectivity index (χ1n) is 14.9. The van der Waals surface area contributed by atoms with E-state index in [4.69, 9.17) is 0 Å². The lowest BCUT2D eigenvalue weighted by Crippen LogP contribution is -2.29. The maximum absolute atomic E-state index is 11.9. The van der Waals surface area contributed by atoms with Crippen molar-refractivity contribution in [3.8, 4) is 11.3 Å². The second-order valence-corrected chi connectivity index (χ2v) is 11.2. The molecule has 0 aliphatic rings. The van der Waals surface area contributed by atoms with Crippen molar-refractivity contribution in [2.75, 3.05) is 11.9 Å². The molecule has 254 valence electrons. The van der Waals surface area contributed by atoms with Crippen LogP contribution in [-0.4, -0.2) is 56.1 Å². The normalized spacial score (nSPS) is 10.1. The number of fused-ring (bicyclic) bond motifs is 1. The third kappa shape index (κ3) is 11.3. The first-order valence-corrected chi connectivity index (χ1v) is 14.9. The molecule has 0 fully saturated rings. The third-order valence-corrected chi connectivity index (χ3v) is 6.55. The molecule has 0 bridgehead atoms. The average molecular weight is 665 g/mol. The monoisotopic (exact) mass is 664 g/mol. The number of amides is 1. The summed E-state index contributed by atoms with van der Waals surface area (Å²) in [4.78, 5) is 69.6. The standard InChI is InChI=1S/C15H10N2O2.C14H18N2O4.C8H8O.CH4/c18-15(19)11-8-14(10-4-2-1-3-5-10)17-13-6-7-16-9-12(11)13;1-5-20-12(18)11(17)9-8-15-7-6-10(9)16-13(19)14(2,3)4;1-7(9)8-5-3-2-4-6-8;/h1-9H,(H,18,19);6-8H,5H2,1-4H3,(H,15,16,19);2-6H,1H3;1H4. The minimum atomic E-state index is -0.974. The second-order valence-electron chi connectivity index (χ2n) is 11.2. The fourth-order valence-corrected chi connectivity index (χ4v) is 3.98. The number of esters is 1. The number of nitrogens with one attached hydrogen (secondary N) is 1. The molecule has 2 N–H and O–H groups in total. The van der Waals surface area contributed by atoms with E-state index < -0.39 is 23.1 Å².